The number of Topliss-reactive ketones (excluding diaryl/α,β-unsaturated/α-hetero) is 1. The quantitative estimate of drug-likeness (QED) is 0.833. The van der Waals surface area contributed by atoms with Crippen LogP contribution in [-0.2, 0) is 0 Å². The largest absolute Gasteiger partial charge is 0.464 e. The summed E-state index contributed by atoms with van der Waals surface area (Å²) in [7, 11) is 1.33. The Balaban J connectivity index is 2.35. The molecule has 0 bridgehead atoms. The molecule has 0 amide bonds. The number of likely N-dealkylation sites (N-methyl/N-ethyl adjacent to an activating group) is 1. The predicted molar refractivity (Wildman–Crippen MR) is 59.4 cm³/mol. The monoisotopic (exact) mass is 239 g/mol. The van der Waals surface area contributed by atoms with Crippen molar-refractivity contribution < 1.29 is 18.0 Å². The van der Waals surface area contributed by atoms with Crippen molar-refractivity contribution in [1.82, 2.24) is 5.32 Å². The summed E-state index contributed by atoms with van der Waals surface area (Å²) in [4.78, 5) is 11.8. The predicted octanol–water partition coefficient (Wildman–Crippen LogP) is 2.47. The number of hydrogen-bond acceptors (Lipinski definition) is 3. The summed E-state index contributed by atoms with van der Waals surface area (Å²) in [6, 6.07) is 4.93. The van der Waals surface area contributed by atoms with Crippen molar-refractivity contribution >= 4 is 16.8 Å². The van der Waals surface area contributed by atoms with Gasteiger partial charge in [-0.05, 0) is 19.2 Å². The molecule has 1 heterocycles. The first kappa shape index (κ1) is 11.7. The highest BCUT2D eigenvalue weighted by Crippen LogP contribution is 2.19. The van der Waals surface area contributed by atoms with Crippen molar-refractivity contribution in [2.24, 2.45) is 0 Å². The number of rotatable bonds is 4. The minimum Gasteiger partial charge on any atom is -0.464 e. The van der Waals surface area contributed by atoms with Crippen LogP contribution in [-0.4, -0.2) is 25.3 Å². The number of carbonyl (C=O) groups is 1. The zero-order valence-electron chi connectivity index (χ0n) is 9.11. The van der Waals surface area contributed by atoms with Crippen molar-refractivity contribution in [3.05, 3.63) is 36.1 Å². The minimum atomic E-state index is -2.74. The minimum absolute atomic E-state index is 0.215. The molecule has 1 aromatic carbocycles. The molecule has 0 aliphatic heterocycles. The number of nitrogens with one attached hydrogen (secondary N) is 1. The zero-order chi connectivity index (χ0) is 12.4. The lowest BCUT2D eigenvalue weighted by molar-refractivity contribution is 0.0688. The highest BCUT2D eigenvalue weighted by Gasteiger charge is 2.27. The third-order valence-corrected chi connectivity index (χ3v) is 2.59. The average Bonchev–Trinajstić information content (AvgIpc) is 2.75. The Bertz CT molecular complexity index is 536. The van der Waals surface area contributed by atoms with Crippen LogP contribution in [0, 0.1) is 0 Å². The third-order valence-electron chi connectivity index (χ3n) is 2.59. The molecule has 5 heteroatoms. The number of hydrogen-bond donors (Lipinski definition) is 1. The van der Waals surface area contributed by atoms with E-state index in [0.29, 0.717) is 5.58 Å². The van der Waals surface area contributed by atoms with Crippen LogP contribution in [0.1, 0.15) is 10.4 Å². The first-order valence-corrected chi connectivity index (χ1v) is 5.10. The molecule has 1 N–H and O–H groups in total. The molecule has 2 rings (SSSR count). The highest BCUT2D eigenvalue weighted by molar-refractivity contribution is 6.02. The number of carbonyl (C=O) groups excluding carboxylic acids is 1. The SMILES string of the molecule is CNC(C(=O)c1ccc2ccoc2c1)C(F)F. The fraction of sp³-hybridized carbons (Fsp3) is 0.250. The van der Waals surface area contributed by atoms with Crippen molar-refractivity contribution in [3.8, 4) is 0 Å². The van der Waals surface area contributed by atoms with Crippen molar-refractivity contribution in [2.75, 3.05) is 7.05 Å². The Morgan fingerprint density at radius 1 is 1.35 bits per heavy atom. The Kier molecular flexibility index (Phi) is 3.19. The van der Waals surface area contributed by atoms with E-state index in [0.717, 1.165) is 5.39 Å². The standard InChI is InChI=1S/C12H11F2NO2/c1-15-10(12(13)14)11(16)8-3-2-7-4-5-17-9(7)6-8/h2-6,10,12,15H,1H3. The molecule has 1 unspecified atom stereocenters. The van der Waals surface area contributed by atoms with Gasteiger partial charge in [-0.25, -0.2) is 8.78 Å². The van der Waals surface area contributed by atoms with Crippen LogP contribution in [0.25, 0.3) is 11.0 Å². The van der Waals surface area contributed by atoms with Crippen molar-refractivity contribution in [2.45, 2.75) is 12.5 Å². The molecule has 0 radical (unpaired) electrons. The summed E-state index contributed by atoms with van der Waals surface area (Å²) in [6.07, 6.45) is -1.25. The summed E-state index contributed by atoms with van der Waals surface area (Å²) >= 11 is 0. The maximum Gasteiger partial charge on any atom is 0.261 e. The number of benzene rings is 1. The Morgan fingerprint density at radius 3 is 2.76 bits per heavy atom. The van der Waals surface area contributed by atoms with Gasteiger partial charge in [0, 0.05) is 10.9 Å². The average molecular weight is 239 g/mol. The Labute approximate surface area is 96.4 Å². The van der Waals surface area contributed by atoms with E-state index in [-0.39, 0.29) is 5.56 Å². The van der Waals surface area contributed by atoms with E-state index in [1.54, 1.807) is 12.1 Å². The second-order valence-electron chi connectivity index (χ2n) is 3.64. The van der Waals surface area contributed by atoms with E-state index < -0.39 is 18.3 Å². The van der Waals surface area contributed by atoms with Gasteiger partial charge in [-0.3, -0.25) is 4.79 Å². The van der Waals surface area contributed by atoms with Crippen LogP contribution in [0.2, 0.25) is 0 Å². The summed E-state index contributed by atoms with van der Waals surface area (Å²) in [5, 5.41) is 3.14. The second-order valence-corrected chi connectivity index (χ2v) is 3.64. The summed E-state index contributed by atoms with van der Waals surface area (Å²) in [5.41, 5.74) is 0.729. The van der Waals surface area contributed by atoms with E-state index >= 15 is 0 Å². The molecule has 0 aliphatic rings. The van der Waals surface area contributed by atoms with Crippen molar-refractivity contribution in [1.29, 1.82) is 0 Å². The van der Waals surface area contributed by atoms with Crippen molar-refractivity contribution in [3.63, 3.8) is 0 Å². The molecule has 0 fully saturated rings. The number of ketones is 1. The maximum absolute atomic E-state index is 12.6. The molecular formula is C12H11F2NO2. The van der Waals surface area contributed by atoms with Gasteiger partial charge >= 0.3 is 0 Å². The number of fused-ring (bicyclic) bond motifs is 1. The smallest absolute Gasteiger partial charge is 0.261 e. The van der Waals surface area contributed by atoms with Gasteiger partial charge in [0.2, 0.25) is 0 Å². The van der Waals surface area contributed by atoms with E-state index in [2.05, 4.69) is 5.32 Å². The molecule has 90 valence electrons. The Hall–Kier alpha value is -1.75. The van der Waals surface area contributed by atoms with E-state index in [1.165, 1.54) is 25.4 Å². The number of halogens is 2. The summed E-state index contributed by atoms with van der Waals surface area (Å²) in [5.74, 6) is -0.638. The van der Waals surface area contributed by atoms with Gasteiger partial charge < -0.3 is 9.73 Å². The topological polar surface area (TPSA) is 42.2 Å². The van der Waals surface area contributed by atoms with E-state index in [9.17, 15) is 13.6 Å². The second kappa shape index (κ2) is 4.63. The molecule has 17 heavy (non-hydrogen) atoms. The summed E-state index contributed by atoms with van der Waals surface area (Å²) in [6.45, 7) is 0. The van der Waals surface area contributed by atoms with E-state index in [4.69, 9.17) is 4.42 Å². The molecule has 1 aromatic heterocycles. The molecule has 0 saturated carbocycles. The normalized spacial score (nSPS) is 13.2. The zero-order valence-corrected chi connectivity index (χ0v) is 9.11. The van der Waals surface area contributed by atoms with Gasteiger partial charge in [0.05, 0.1) is 6.26 Å². The molecule has 0 aliphatic carbocycles. The van der Waals surface area contributed by atoms with E-state index in [1.807, 2.05) is 0 Å². The first-order valence-electron chi connectivity index (χ1n) is 5.10. The molecule has 2 aromatic rings. The lowest BCUT2D eigenvalue weighted by Gasteiger charge is -2.13. The maximum atomic E-state index is 12.6. The van der Waals surface area contributed by atoms with Gasteiger partial charge in [0.25, 0.3) is 6.43 Å². The van der Waals surface area contributed by atoms with Crippen LogP contribution in [0.15, 0.2) is 34.9 Å². The molecule has 0 saturated heterocycles. The van der Waals surface area contributed by atoms with Gasteiger partial charge in [0.1, 0.15) is 11.6 Å². The van der Waals surface area contributed by atoms with Crippen LogP contribution in [0.5, 0.6) is 0 Å². The fourth-order valence-electron chi connectivity index (χ4n) is 1.66. The third kappa shape index (κ3) is 2.19. The molecular weight excluding hydrogens is 228 g/mol. The first-order chi connectivity index (χ1) is 8.13. The highest BCUT2D eigenvalue weighted by atomic mass is 19.3. The summed E-state index contributed by atoms with van der Waals surface area (Å²) < 4.78 is 30.3. The number of furan rings is 1. The van der Waals surface area contributed by atoms with Gasteiger partial charge in [-0.15, -0.1) is 0 Å². The van der Waals surface area contributed by atoms with Gasteiger partial charge in [-0.1, -0.05) is 12.1 Å². The lowest BCUT2D eigenvalue weighted by atomic mass is 10.0. The molecule has 1 atom stereocenters. The van der Waals surface area contributed by atoms with Crippen LogP contribution >= 0.6 is 0 Å². The number of alkyl halides is 2. The molecule has 3 nitrogen and oxygen atoms in total. The van der Waals surface area contributed by atoms with Crippen LogP contribution in [0.3, 0.4) is 0 Å². The van der Waals surface area contributed by atoms with Gasteiger partial charge in [-0.2, -0.15) is 0 Å². The fourth-order valence-corrected chi connectivity index (χ4v) is 1.66. The van der Waals surface area contributed by atoms with Crippen LogP contribution in [0.4, 0.5) is 8.78 Å². The lowest BCUT2D eigenvalue weighted by Crippen LogP contribution is -2.40. The van der Waals surface area contributed by atoms with Crippen LogP contribution < -0.4 is 5.32 Å². The molecule has 0 spiro atoms. The Morgan fingerprint density at radius 2 is 2.12 bits per heavy atom. The van der Waals surface area contributed by atoms with Gasteiger partial charge in [0.15, 0.2) is 5.78 Å².